The standard InChI is InChI=1S/C27H46N2O2/c1-7-8-11-28-12-14-29(15-13-28)25-18-23(31-17-16-30-6)9-10-24(25)22-19-26(2,3)21-27(4,5)20-22/h9-10,18,22H,7-8,11-17,19-21H2,1-6H3. The molecule has 1 aliphatic heterocycles. The number of benzene rings is 1. The second-order valence-electron chi connectivity index (χ2n) is 11.4. The van der Waals surface area contributed by atoms with Crippen LogP contribution in [-0.4, -0.2) is 57.9 Å². The van der Waals surface area contributed by atoms with Gasteiger partial charge in [-0.2, -0.15) is 0 Å². The first-order valence-electron chi connectivity index (χ1n) is 12.5. The Balaban J connectivity index is 1.83. The van der Waals surface area contributed by atoms with E-state index < -0.39 is 0 Å². The Bertz CT molecular complexity index is 676. The molecule has 0 N–H and O–H groups in total. The van der Waals surface area contributed by atoms with Gasteiger partial charge in [-0.15, -0.1) is 0 Å². The lowest BCUT2D eigenvalue weighted by Crippen LogP contribution is -2.47. The van der Waals surface area contributed by atoms with Gasteiger partial charge in [0.05, 0.1) is 6.61 Å². The van der Waals surface area contributed by atoms with E-state index in [4.69, 9.17) is 9.47 Å². The molecule has 0 aromatic heterocycles. The van der Waals surface area contributed by atoms with Crippen LogP contribution in [0.15, 0.2) is 18.2 Å². The minimum absolute atomic E-state index is 0.385. The summed E-state index contributed by atoms with van der Waals surface area (Å²) in [5, 5.41) is 0. The summed E-state index contributed by atoms with van der Waals surface area (Å²) >= 11 is 0. The minimum atomic E-state index is 0.385. The molecule has 4 nitrogen and oxygen atoms in total. The van der Waals surface area contributed by atoms with Gasteiger partial charge in [0, 0.05) is 45.0 Å². The molecule has 1 saturated heterocycles. The summed E-state index contributed by atoms with van der Waals surface area (Å²) in [5.74, 6) is 1.58. The van der Waals surface area contributed by atoms with Crippen LogP contribution in [0, 0.1) is 10.8 Å². The lowest BCUT2D eigenvalue weighted by atomic mass is 9.60. The second kappa shape index (κ2) is 10.6. The summed E-state index contributed by atoms with van der Waals surface area (Å²) in [6.45, 7) is 19.1. The fourth-order valence-electron chi connectivity index (χ4n) is 6.14. The predicted octanol–water partition coefficient (Wildman–Crippen LogP) is 5.95. The number of unbranched alkanes of at least 4 members (excludes halogenated alkanes) is 1. The smallest absolute Gasteiger partial charge is 0.121 e. The largest absolute Gasteiger partial charge is 0.491 e. The first-order chi connectivity index (χ1) is 14.7. The molecule has 176 valence electrons. The average molecular weight is 431 g/mol. The Kier molecular flexibility index (Phi) is 8.31. The number of methoxy groups -OCH3 is 1. The number of nitrogens with zero attached hydrogens (tertiary/aromatic N) is 2. The third-order valence-electron chi connectivity index (χ3n) is 7.09. The van der Waals surface area contributed by atoms with Crippen LogP contribution in [-0.2, 0) is 4.74 Å². The highest BCUT2D eigenvalue weighted by atomic mass is 16.5. The van der Waals surface area contributed by atoms with Crippen LogP contribution in [0.5, 0.6) is 5.75 Å². The van der Waals surface area contributed by atoms with E-state index in [1.807, 2.05) is 0 Å². The van der Waals surface area contributed by atoms with Crippen LogP contribution in [0.1, 0.15) is 78.2 Å². The molecular formula is C27H46N2O2. The third kappa shape index (κ3) is 6.86. The van der Waals surface area contributed by atoms with Gasteiger partial charge in [0.2, 0.25) is 0 Å². The maximum Gasteiger partial charge on any atom is 0.121 e. The number of hydrogen-bond donors (Lipinski definition) is 0. The molecule has 0 spiro atoms. The van der Waals surface area contributed by atoms with Gasteiger partial charge >= 0.3 is 0 Å². The van der Waals surface area contributed by atoms with Gasteiger partial charge in [-0.05, 0) is 60.6 Å². The number of piperazine rings is 1. The molecule has 2 aliphatic rings. The van der Waals surface area contributed by atoms with E-state index >= 15 is 0 Å². The van der Waals surface area contributed by atoms with Crippen LogP contribution in [0.2, 0.25) is 0 Å². The van der Waals surface area contributed by atoms with Crippen LogP contribution in [0.3, 0.4) is 0 Å². The summed E-state index contributed by atoms with van der Waals surface area (Å²) in [7, 11) is 1.72. The van der Waals surface area contributed by atoms with Crippen molar-refractivity contribution in [3.63, 3.8) is 0 Å². The Labute approximate surface area is 191 Å². The molecule has 1 heterocycles. The molecule has 0 bridgehead atoms. The maximum absolute atomic E-state index is 6.01. The van der Waals surface area contributed by atoms with Crippen molar-refractivity contribution >= 4 is 5.69 Å². The number of rotatable bonds is 9. The Morgan fingerprint density at radius 2 is 1.65 bits per heavy atom. The van der Waals surface area contributed by atoms with Gasteiger partial charge in [-0.1, -0.05) is 47.1 Å². The normalized spacial score (nSPS) is 21.9. The minimum Gasteiger partial charge on any atom is -0.491 e. The van der Waals surface area contributed by atoms with Gasteiger partial charge < -0.3 is 14.4 Å². The van der Waals surface area contributed by atoms with Crippen molar-refractivity contribution < 1.29 is 9.47 Å². The van der Waals surface area contributed by atoms with Gasteiger partial charge in [0.15, 0.2) is 0 Å². The monoisotopic (exact) mass is 430 g/mol. The maximum atomic E-state index is 6.01. The summed E-state index contributed by atoms with van der Waals surface area (Å²) in [4.78, 5) is 5.25. The van der Waals surface area contributed by atoms with Crippen molar-refractivity contribution in [3.8, 4) is 5.75 Å². The van der Waals surface area contributed by atoms with Crippen molar-refractivity contribution in [1.29, 1.82) is 0 Å². The van der Waals surface area contributed by atoms with Crippen molar-refractivity contribution in [2.24, 2.45) is 10.8 Å². The molecule has 1 saturated carbocycles. The SMILES string of the molecule is CCCCN1CCN(c2cc(OCCOC)ccc2C2CC(C)(C)CC(C)(C)C2)CC1. The molecule has 1 aromatic rings. The summed E-state index contributed by atoms with van der Waals surface area (Å²) in [6, 6.07) is 6.85. The van der Waals surface area contributed by atoms with E-state index in [9.17, 15) is 0 Å². The Morgan fingerprint density at radius 3 is 2.26 bits per heavy atom. The van der Waals surface area contributed by atoms with Crippen molar-refractivity contribution in [1.82, 2.24) is 4.90 Å². The van der Waals surface area contributed by atoms with E-state index in [1.165, 1.54) is 49.9 Å². The fraction of sp³-hybridized carbons (Fsp3) is 0.778. The summed E-state index contributed by atoms with van der Waals surface area (Å²) in [6.07, 6.45) is 6.42. The number of ether oxygens (including phenoxy) is 2. The fourth-order valence-corrected chi connectivity index (χ4v) is 6.14. The molecule has 0 radical (unpaired) electrons. The second-order valence-corrected chi connectivity index (χ2v) is 11.4. The zero-order valence-corrected chi connectivity index (χ0v) is 21.0. The van der Waals surface area contributed by atoms with Gasteiger partial charge in [0.1, 0.15) is 12.4 Å². The van der Waals surface area contributed by atoms with E-state index in [1.54, 1.807) is 7.11 Å². The first-order valence-corrected chi connectivity index (χ1v) is 12.5. The number of hydrogen-bond acceptors (Lipinski definition) is 4. The Hall–Kier alpha value is -1.26. The quantitative estimate of drug-likeness (QED) is 0.452. The number of anilines is 1. The molecule has 1 aromatic carbocycles. The Morgan fingerprint density at radius 1 is 0.968 bits per heavy atom. The van der Waals surface area contributed by atoms with Crippen LogP contribution in [0.25, 0.3) is 0 Å². The van der Waals surface area contributed by atoms with E-state index in [-0.39, 0.29) is 0 Å². The molecule has 4 heteroatoms. The van der Waals surface area contributed by atoms with Crippen LogP contribution in [0.4, 0.5) is 5.69 Å². The van der Waals surface area contributed by atoms with E-state index in [2.05, 4.69) is 62.6 Å². The van der Waals surface area contributed by atoms with Crippen molar-refractivity contribution in [3.05, 3.63) is 23.8 Å². The lowest BCUT2D eigenvalue weighted by Gasteiger charge is -2.46. The first kappa shape index (κ1) is 24.4. The van der Waals surface area contributed by atoms with Gasteiger partial charge in [-0.3, -0.25) is 4.90 Å². The topological polar surface area (TPSA) is 24.9 Å². The predicted molar refractivity (Wildman–Crippen MR) is 132 cm³/mol. The molecule has 0 unspecified atom stereocenters. The third-order valence-corrected chi connectivity index (χ3v) is 7.09. The average Bonchev–Trinajstić information content (AvgIpc) is 2.70. The highest BCUT2D eigenvalue weighted by Crippen LogP contribution is 2.53. The molecule has 0 atom stereocenters. The van der Waals surface area contributed by atoms with Gasteiger partial charge in [0.25, 0.3) is 0 Å². The van der Waals surface area contributed by atoms with Crippen molar-refractivity contribution in [2.45, 2.75) is 72.6 Å². The highest BCUT2D eigenvalue weighted by Gasteiger charge is 2.40. The molecule has 2 fully saturated rings. The van der Waals surface area contributed by atoms with Crippen LogP contribution >= 0.6 is 0 Å². The van der Waals surface area contributed by atoms with E-state index in [0.717, 1.165) is 31.9 Å². The molecule has 1 aliphatic carbocycles. The summed E-state index contributed by atoms with van der Waals surface area (Å²) in [5.41, 5.74) is 3.71. The van der Waals surface area contributed by atoms with Gasteiger partial charge in [-0.25, -0.2) is 0 Å². The molecule has 0 amide bonds. The van der Waals surface area contributed by atoms with E-state index in [0.29, 0.717) is 30.0 Å². The lowest BCUT2D eigenvalue weighted by molar-refractivity contribution is 0.0969. The zero-order chi connectivity index (χ0) is 22.5. The summed E-state index contributed by atoms with van der Waals surface area (Å²) < 4.78 is 11.2. The molecular weight excluding hydrogens is 384 g/mol. The highest BCUT2D eigenvalue weighted by molar-refractivity contribution is 5.59. The molecule has 31 heavy (non-hydrogen) atoms. The van der Waals surface area contributed by atoms with Crippen LogP contribution < -0.4 is 9.64 Å². The zero-order valence-electron chi connectivity index (χ0n) is 21.0. The van der Waals surface area contributed by atoms with Crippen molar-refractivity contribution in [2.75, 3.05) is 57.9 Å². The molecule has 3 rings (SSSR count).